The first-order valence-corrected chi connectivity index (χ1v) is 10.1. The van der Waals surface area contributed by atoms with E-state index in [9.17, 15) is 13.2 Å². The normalized spacial score (nSPS) is 17.0. The van der Waals surface area contributed by atoms with Crippen molar-refractivity contribution in [2.45, 2.75) is 19.4 Å². The van der Waals surface area contributed by atoms with E-state index in [0.29, 0.717) is 37.6 Å². The maximum Gasteiger partial charge on any atom is 0.309 e. The predicted molar refractivity (Wildman–Crippen MR) is 86.5 cm³/mol. The van der Waals surface area contributed by atoms with Gasteiger partial charge in [0.15, 0.2) is 6.61 Å². The molecule has 2 aromatic rings. The molecule has 0 bridgehead atoms. The molecule has 24 heavy (non-hydrogen) atoms. The first kappa shape index (κ1) is 17.1. The summed E-state index contributed by atoms with van der Waals surface area (Å²) in [5.74, 6) is 0.0510. The van der Waals surface area contributed by atoms with Gasteiger partial charge in [-0.15, -0.1) is 11.3 Å². The Morgan fingerprint density at radius 3 is 2.83 bits per heavy atom. The third kappa shape index (κ3) is 4.00. The zero-order valence-corrected chi connectivity index (χ0v) is 14.7. The van der Waals surface area contributed by atoms with Crippen LogP contribution in [-0.4, -0.2) is 48.2 Å². The summed E-state index contributed by atoms with van der Waals surface area (Å²) in [5, 5.41) is 5.69. The molecule has 1 aliphatic heterocycles. The van der Waals surface area contributed by atoms with Crippen molar-refractivity contribution in [1.82, 2.24) is 14.4 Å². The SMILES string of the molecule is CS(=O)(=O)N1CCC(C(=O)OCc2noc(-c3cccs3)n2)CC1. The molecule has 1 fully saturated rings. The molecule has 1 aliphatic rings. The smallest absolute Gasteiger partial charge is 0.309 e. The van der Waals surface area contributed by atoms with Gasteiger partial charge in [0.2, 0.25) is 15.8 Å². The largest absolute Gasteiger partial charge is 0.457 e. The van der Waals surface area contributed by atoms with Crippen LogP contribution < -0.4 is 0 Å². The molecule has 8 nitrogen and oxygen atoms in total. The second-order valence-corrected chi connectivity index (χ2v) is 8.47. The fourth-order valence-corrected chi connectivity index (χ4v) is 4.01. The summed E-state index contributed by atoms with van der Waals surface area (Å²) < 4.78 is 34.6. The second-order valence-electron chi connectivity index (χ2n) is 5.54. The number of carbonyl (C=O) groups is 1. The van der Waals surface area contributed by atoms with E-state index in [1.165, 1.54) is 21.9 Å². The Hall–Kier alpha value is -1.78. The molecule has 1 saturated heterocycles. The van der Waals surface area contributed by atoms with Gasteiger partial charge in [-0.25, -0.2) is 12.7 Å². The number of ether oxygens (including phenoxy) is 1. The Balaban J connectivity index is 1.50. The molecule has 2 aromatic heterocycles. The van der Waals surface area contributed by atoms with E-state index in [1.54, 1.807) is 0 Å². The number of carbonyl (C=O) groups excluding carboxylic acids is 1. The minimum atomic E-state index is -3.20. The van der Waals surface area contributed by atoms with Crippen LogP contribution in [0.25, 0.3) is 10.8 Å². The number of rotatable bonds is 5. The summed E-state index contributed by atoms with van der Waals surface area (Å²) in [6.07, 6.45) is 2.09. The highest BCUT2D eigenvalue weighted by molar-refractivity contribution is 7.88. The number of nitrogens with zero attached hydrogens (tertiary/aromatic N) is 3. The van der Waals surface area contributed by atoms with Gasteiger partial charge in [-0.2, -0.15) is 4.98 Å². The summed E-state index contributed by atoms with van der Waals surface area (Å²) in [7, 11) is -3.20. The van der Waals surface area contributed by atoms with Crippen LogP contribution in [0, 0.1) is 5.92 Å². The molecular formula is C14H17N3O5S2. The van der Waals surface area contributed by atoms with Crippen LogP contribution >= 0.6 is 11.3 Å². The maximum atomic E-state index is 12.1. The summed E-state index contributed by atoms with van der Waals surface area (Å²) in [4.78, 5) is 17.1. The lowest BCUT2D eigenvalue weighted by Crippen LogP contribution is -2.40. The monoisotopic (exact) mass is 371 g/mol. The topological polar surface area (TPSA) is 103 Å². The Kier molecular flexibility index (Phi) is 4.97. The van der Waals surface area contributed by atoms with Gasteiger partial charge < -0.3 is 9.26 Å². The van der Waals surface area contributed by atoms with Crippen LogP contribution in [0.4, 0.5) is 0 Å². The van der Waals surface area contributed by atoms with Crippen molar-refractivity contribution >= 4 is 27.3 Å². The van der Waals surface area contributed by atoms with Crippen molar-refractivity contribution in [3.63, 3.8) is 0 Å². The molecule has 0 N–H and O–H groups in total. The average molecular weight is 371 g/mol. The fraction of sp³-hybridized carbons (Fsp3) is 0.500. The van der Waals surface area contributed by atoms with Crippen molar-refractivity contribution in [2.24, 2.45) is 5.92 Å². The van der Waals surface area contributed by atoms with E-state index in [4.69, 9.17) is 9.26 Å². The summed E-state index contributed by atoms with van der Waals surface area (Å²) >= 11 is 1.48. The van der Waals surface area contributed by atoms with Gasteiger partial charge in [0.25, 0.3) is 5.89 Å². The fourth-order valence-electron chi connectivity index (χ4n) is 2.49. The van der Waals surface area contributed by atoms with Gasteiger partial charge in [-0.05, 0) is 24.3 Å². The highest BCUT2D eigenvalue weighted by Crippen LogP contribution is 2.23. The minimum absolute atomic E-state index is 0.0556. The van der Waals surface area contributed by atoms with Crippen molar-refractivity contribution in [3.8, 4) is 10.8 Å². The molecule has 0 amide bonds. The average Bonchev–Trinajstić information content (AvgIpc) is 3.23. The number of hydrogen-bond acceptors (Lipinski definition) is 8. The molecule has 0 aliphatic carbocycles. The van der Waals surface area contributed by atoms with Gasteiger partial charge >= 0.3 is 5.97 Å². The van der Waals surface area contributed by atoms with E-state index in [0.717, 1.165) is 4.88 Å². The zero-order chi connectivity index (χ0) is 17.2. The highest BCUT2D eigenvalue weighted by atomic mass is 32.2. The summed E-state index contributed by atoms with van der Waals surface area (Å²) in [6, 6.07) is 3.75. The van der Waals surface area contributed by atoms with Crippen molar-refractivity contribution in [2.75, 3.05) is 19.3 Å². The first-order chi connectivity index (χ1) is 11.4. The standard InChI is InChI=1S/C14H17N3O5S2/c1-24(19,20)17-6-4-10(5-7-17)14(18)21-9-12-15-13(22-16-12)11-3-2-8-23-11/h2-3,8,10H,4-7,9H2,1H3. The molecule has 0 unspecified atom stereocenters. The molecule has 0 radical (unpaired) electrons. The molecule has 0 saturated carbocycles. The minimum Gasteiger partial charge on any atom is -0.457 e. The van der Waals surface area contributed by atoms with Crippen LogP contribution in [-0.2, 0) is 26.2 Å². The lowest BCUT2D eigenvalue weighted by Gasteiger charge is -2.28. The Bertz CT molecular complexity index is 792. The molecule has 0 spiro atoms. The van der Waals surface area contributed by atoms with E-state index in [1.807, 2.05) is 17.5 Å². The van der Waals surface area contributed by atoms with E-state index >= 15 is 0 Å². The zero-order valence-electron chi connectivity index (χ0n) is 13.0. The summed E-state index contributed by atoms with van der Waals surface area (Å²) in [6.45, 7) is 0.618. The third-order valence-corrected chi connectivity index (χ3v) is 5.96. The number of sulfonamides is 1. The number of thiophene rings is 1. The molecule has 0 atom stereocenters. The Labute approximate surface area is 143 Å². The van der Waals surface area contributed by atoms with Crippen molar-refractivity contribution in [1.29, 1.82) is 0 Å². The second kappa shape index (κ2) is 6.99. The maximum absolute atomic E-state index is 12.1. The third-order valence-electron chi connectivity index (χ3n) is 3.80. The van der Waals surface area contributed by atoms with Crippen LogP contribution in [0.2, 0.25) is 0 Å². The molecule has 3 rings (SSSR count). The van der Waals surface area contributed by atoms with Gasteiger partial charge in [0.1, 0.15) is 0 Å². The van der Waals surface area contributed by atoms with Crippen LogP contribution in [0.1, 0.15) is 18.7 Å². The molecular weight excluding hydrogens is 354 g/mol. The summed E-state index contributed by atoms with van der Waals surface area (Å²) in [5.41, 5.74) is 0. The first-order valence-electron chi connectivity index (χ1n) is 7.41. The van der Waals surface area contributed by atoms with Crippen molar-refractivity contribution < 1.29 is 22.5 Å². The van der Waals surface area contributed by atoms with Gasteiger partial charge in [-0.3, -0.25) is 4.79 Å². The van der Waals surface area contributed by atoms with E-state index < -0.39 is 10.0 Å². The number of aromatic nitrogens is 2. The quantitative estimate of drug-likeness (QED) is 0.734. The number of hydrogen-bond donors (Lipinski definition) is 0. The number of piperidine rings is 1. The van der Waals surface area contributed by atoms with Crippen LogP contribution in [0.5, 0.6) is 0 Å². The van der Waals surface area contributed by atoms with Gasteiger partial charge in [0, 0.05) is 13.1 Å². The van der Waals surface area contributed by atoms with Gasteiger partial charge in [-0.1, -0.05) is 11.2 Å². The lowest BCUT2D eigenvalue weighted by atomic mass is 9.98. The highest BCUT2D eigenvalue weighted by Gasteiger charge is 2.30. The predicted octanol–water partition coefficient (Wildman–Crippen LogP) is 1.51. The molecule has 0 aromatic carbocycles. The lowest BCUT2D eigenvalue weighted by molar-refractivity contribution is -0.151. The Morgan fingerprint density at radius 1 is 1.46 bits per heavy atom. The van der Waals surface area contributed by atoms with Gasteiger partial charge in [0.05, 0.1) is 17.1 Å². The molecule has 3 heterocycles. The Morgan fingerprint density at radius 2 is 2.21 bits per heavy atom. The molecule has 130 valence electrons. The molecule has 10 heteroatoms. The van der Waals surface area contributed by atoms with Crippen LogP contribution in [0.3, 0.4) is 0 Å². The van der Waals surface area contributed by atoms with E-state index in [-0.39, 0.29) is 18.5 Å². The number of esters is 1. The van der Waals surface area contributed by atoms with Crippen molar-refractivity contribution in [3.05, 3.63) is 23.3 Å². The van der Waals surface area contributed by atoms with Crippen LogP contribution in [0.15, 0.2) is 22.0 Å². The van der Waals surface area contributed by atoms with E-state index in [2.05, 4.69) is 10.1 Å².